The summed E-state index contributed by atoms with van der Waals surface area (Å²) < 4.78 is 4.83. The van der Waals surface area contributed by atoms with Crippen molar-refractivity contribution in [2.24, 2.45) is 0 Å². The lowest BCUT2D eigenvalue weighted by Crippen LogP contribution is -2.35. The van der Waals surface area contributed by atoms with E-state index in [0.717, 1.165) is 12.8 Å². The van der Waals surface area contributed by atoms with E-state index in [1.54, 1.807) is 0 Å². The van der Waals surface area contributed by atoms with Crippen LogP contribution in [0.5, 0.6) is 0 Å². The average Bonchev–Trinajstić information content (AvgIpc) is 2.74. The molecule has 0 bridgehead atoms. The molecule has 94 valence electrons. The highest BCUT2D eigenvalue weighted by Gasteiger charge is 2.25. The molecule has 0 atom stereocenters. The summed E-state index contributed by atoms with van der Waals surface area (Å²) in [6.07, 6.45) is 1.93. The highest BCUT2D eigenvalue weighted by Crippen LogP contribution is 2.07. The van der Waals surface area contributed by atoms with Crippen molar-refractivity contribution in [1.29, 1.82) is 0 Å². The number of rotatable bonds is 1. The number of hydrogen-bond acceptors (Lipinski definition) is 3. The van der Waals surface area contributed by atoms with Crippen LogP contribution in [-0.2, 0) is 14.3 Å². The summed E-state index contributed by atoms with van der Waals surface area (Å²) in [7, 11) is -1.43. The highest BCUT2D eigenvalue weighted by atomic mass is 28.3. The molecule has 0 saturated carbocycles. The monoisotopic (exact) mass is 253 g/mol. The van der Waals surface area contributed by atoms with Crippen LogP contribution >= 0.6 is 0 Å². The Morgan fingerprint density at radius 1 is 1.24 bits per heavy atom. The van der Waals surface area contributed by atoms with Gasteiger partial charge in [-0.05, 0) is 12.8 Å². The van der Waals surface area contributed by atoms with Crippen LogP contribution in [0.2, 0.25) is 19.6 Å². The van der Waals surface area contributed by atoms with Gasteiger partial charge in [0.2, 0.25) is 0 Å². The molecule has 1 fully saturated rings. The van der Waals surface area contributed by atoms with Crippen LogP contribution in [0.3, 0.4) is 0 Å². The van der Waals surface area contributed by atoms with E-state index in [2.05, 4.69) is 31.1 Å². The number of likely N-dealkylation sites (tertiary alicyclic amines) is 1. The van der Waals surface area contributed by atoms with Gasteiger partial charge in [0.05, 0.1) is 0 Å². The van der Waals surface area contributed by atoms with Crippen molar-refractivity contribution in [2.75, 3.05) is 19.7 Å². The molecular formula is C12H19NO3Si. The largest absolute Gasteiger partial charge is 0.445 e. The predicted molar refractivity (Wildman–Crippen MR) is 67.9 cm³/mol. The van der Waals surface area contributed by atoms with Gasteiger partial charge >= 0.3 is 11.9 Å². The first kappa shape index (κ1) is 13.8. The van der Waals surface area contributed by atoms with Crippen LogP contribution in [0.25, 0.3) is 0 Å². The van der Waals surface area contributed by atoms with Crippen LogP contribution in [0.4, 0.5) is 0 Å². The van der Waals surface area contributed by atoms with Crippen LogP contribution in [0.15, 0.2) is 0 Å². The molecule has 1 aliphatic heterocycles. The maximum atomic E-state index is 11.5. The van der Waals surface area contributed by atoms with Crippen LogP contribution in [-0.4, -0.2) is 44.5 Å². The van der Waals surface area contributed by atoms with Gasteiger partial charge in [0.15, 0.2) is 6.61 Å². The average molecular weight is 253 g/mol. The summed E-state index contributed by atoms with van der Waals surface area (Å²) in [5.74, 6) is 1.49. The second kappa shape index (κ2) is 5.87. The summed E-state index contributed by atoms with van der Waals surface area (Å²) in [6.45, 7) is 7.66. The lowest BCUT2D eigenvalue weighted by Gasteiger charge is -2.12. The number of carbonyl (C=O) groups excluding carboxylic acids is 2. The predicted octanol–water partition coefficient (Wildman–Crippen LogP) is 1.03. The fraction of sp³-hybridized carbons (Fsp3) is 0.667. The van der Waals surface area contributed by atoms with Crippen LogP contribution in [0.1, 0.15) is 12.8 Å². The minimum Gasteiger partial charge on any atom is -0.445 e. The molecule has 0 aromatic heterocycles. The first-order valence-electron chi connectivity index (χ1n) is 5.86. The first-order chi connectivity index (χ1) is 7.90. The molecule has 4 nitrogen and oxygen atoms in total. The quantitative estimate of drug-likeness (QED) is 0.303. The van der Waals surface area contributed by atoms with Gasteiger partial charge < -0.3 is 9.64 Å². The zero-order chi connectivity index (χ0) is 12.9. The van der Waals surface area contributed by atoms with Gasteiger partial charge in [-0.1, -0.05) is 25.6 Å². The molecule has 1 aliphatic rings. The second-order valence-electron chi connectivity index (χ2n) is 5.13. The number of carbonyl (C=O) groups is 2. The molecule has 0 aromatic carbocycles. The van der Waals surface area contributed by atoms with E-state index < -0.39 is 20.0 Å². The molecule has 5 heteroatoms. The molecule has 1 rings (SSSR count). The molecule has 1 heterocycles. The Morgan fingerprint density at radius 2 is 1.82 bits per heavy atom. The Kier molecular flexibility index (Phi) is 4.76. The topological polar surface area (TPSA) is 46.6 Å². The Hall–Kier alpha value is -1.28. The van der Waals surface area contributed by atoms with Crippen LogP contribution in [0, 0.1) is 11.5 Å². The van der Waals surface area contributed by atoms with Crippen molar-refractivity contribution in [1.82, 2.24) is 4.90 Å². The molecule has 1 amide bonds. The van der Waals surface area contributed by atoms with Crippen molar-refractivity contribution in [2.45, 2.75) is 32.5 Å². The zero-order valence-electron chi connectivity index (χ0n) is 10.7. The summed E-state index contributed by atoms with van der Waals surface area (Å²) in [5.41, 5.74) is 3.07. The Morgan fingerprint density at radius 3 is 2.35 bits per heavy atom. The summed E-state index contributed by atoms with van der Waals surface area (Å²) >= 11 is 0. The van der Waals surface area contributed by atoms with Crippen molar-refractivity contribution in [3.8, 4) is 11.5 Å². The molecule has 0 spiro atoms. The Bertz CT molecular complexity index is 356. The van der Waals surface area contributed by atoms with Crippen molar-refractivity contribution < 1.29 is 14.3 Å². The van der Waals surface area contributed by atoms with Crippen LogP contribution < -0.4 is 0 Å². The van der Waals surface area contributed by atoms with Gasteiger partial charge in [0.1, 0.15) is 8.07 Å². The third kappa shape index (κ3) is 5.05. The zero-order valence-corrected chi connectivity index (χ0v) is 11.7. The number of ether oxygens (including phenoxy) is 1. The second-order valence-corrected chi connectivity index (χ2v) is 9.88. The number of nitrogens with zero attached hydrogens (tertiary/aromatic N) is 1. The normalized spacial score (nSPS) is 15.1. The molecular weight excluding hydrogens is 234 g/mol. The maximum absolute atomic E-state index is 11.5. The van der Waals surface area contributed by atoms with Gasteiger partial charge in [-0.15, -0.1) is 5.54 Å². The van der Waals surface area contributed by atoms with E-state index in [1.807, 2.05) is 0 Å². The van der Waals surface area contributed by atoms with E-state index in [0.29, 0.717) is 13.1 Å². The van der Waals surface area contributed by atoms with Gasteiger partial charge in [0.25, 0.3) is 0 Å². The summed E-state index contributed by atoms with van der Waals surface area (Å²) in [4.78, 5) is 24.5. The third-order valence-electron chi connectivity index (χ3n) is 2.31. The smallest absolute Gasteiger partial charge is 0.397 e. The van der Waals surface area contributed by atoms with Gasteiger partial charge in [0, 0.05) is 13.1 Å². The minimum atomic E-state index is -1.43. The van der Waals surface area contributed by atoms with Crippen molar-refractivity contribution in [3.63, 3.8) is 0 Å². The minimum absolute atomic E-state index is 0.0166. The Labute approximate surface area is 103 Å². The van der Waals surface area contributed by atoms with Gasteiger partial charge in [-0.2, -0.15) is 0 Å². The van der Waals surface area contributed by atoms with E-state index in [9.17, 15) is 9.59 Å². The van der Waals surface area contributed by atoms with Crippen molar-refractivity contribution in [3.05, 3.63) is 0 Å². The van der Waals surface area contributed by atoms with Gasteiger partial charge in [-0.25, -0.2) is 4.79 Å². The first-order valence-corrected chi connectivity index (χ1v) is 9.36. The van der Waals surface area contributed by atoms with Crippen molar-refractivity contribution >= 4 is 20.0 Å². The molecule has 1 saturated heterocycles. The van der Waals surface area contributed by atoms with Gasteiger partial charge in [-0.3, -0.25) is 4.79 Å². The lowest BCUT2D eigenvalue weighted by atomic mass is 10.4. The van der Waals surface area contributed by atoms with E-state index >= 15 is 0 Å². The van der Waals surface area contributed by atoms with E-state index in [1.165, 1.54) is 4.90 Å². The number of esters is 1. The molecule has 0 unspecified atom stereocenters. The molecule has 0 N–H and O–H groups in total. The van der Waals surface area contributed by atoms with E-state index in [4.69, 9.17) is 4.74 Å². The number of hydrogen-bond donors (Lipinski definition) is 0. The summed E-state index contributed by atoms with van der Waals surface area (Å²) in [6, 6.07) is 0. The molecule has 0 radical (unpaired) electrons. The third-order valence-corrected chi connectivity index (χ3v) is 3.23. The molecule has 0 aromatic rings. The molecule has 0 aliphatic carbocycles. The molecule has 17 heavy (non-hydrogen) atoms. The highest BCUT2D eigenvalue weighted by molar-refractivity contribution is 6.83. The number of amides is 1. The maximum Gasteiger partial charge on any atom is 0.397 e. The Balaban J connectivity index is 2.33. The SMILES string of the molecule is C[Si](C)(C)C#CCOC(=O)C(=O)N1CCCC1. The lowest BCUT2D eigenvalue weighted by molar-refractivity contribution is -0.158. The van der Waals surface area contributed by atoms with E-state index in [-0.39, 0.29) is 6.61 Å². The standard InChI is InChI=1S/C12H19NO3Si/c1-17(2,3)10-6-9-16-12(15)11(14)13-7-4-5-8-13/h4-5,7-9H2,1-3H3. The fourth-order valence-electron chi connectivity index (χ4n) is 1.51. The summed E-state index contributed by atoms with van der Waals surface area (Å²) in [5, 5.41) is 0. The fourth-order valence-corrected chi connectivity index (χ4v) is 2.12.